The number of hydrogen-bond donors (Lipinski definition) is 1. The van der Waals surface area contributed by atoms with Crippen LogP contribution in [0, 0.1) is 11.3 Å². The van der Waals surface area contributed by atoms with Gasteiger partial charge in [-0.1, -0.05) is 36.4 Å². The van der Waals surface area contributed by atoms with E-state index in [-0.39, 0.29) is 37.2 Å². The molecule has 0 bridgehead atoms. The van der Waals surface area contributed by atoms with Crippen LogP contribution in [0.25, 0.3) is 17.0 Å². The summed E-state index contributed by atoms with van der Waals surface area (Å²) in [6, 6.07) is 15.8. The molecule has 1 aliphatic heterocycles. The number of fused-ring (bicyclic) bond motifs is 2. The fourth-order valence-corrected chi connectivity index (χ4v) is 5.14. The molecule has 5 rings (SSSR count). The molecule has 4 aromatic rings. The van der Waals surface area contributed by atoms with Crippen LogP contribution in [0.3, 0.4) is 0 Å². The number of benzene rings is 2. The maximum Gasteiger partial charge on any atom is 0.422 e. The van der Waals surface area contributed by atoms with Gasteiger partial charge in [0, 0.05) is 55.6 Å². The molecule has 1 unspecified atom stereocenters. The monoisotopic (exact) mass is 563 g/mol. The number of aliphatic hydroxyl groups is 1. The van der Waals surface area contributed by atoms with E-state index in [4.69, 9.17) is 4.74 Å². The molecular formula is C30H28F3N5O3. The maximum atomic E-state index is 14.8. The van der Waals surface area contributed by atoms with Gasteiger partial charge in [0.05, 0.1) is 36.0 Å². The van der Waals surface area contributed by atoms with Gasteiger partial charge in [-0.2, -0.15) is 18.4 Å². The summed E-state index contributed by atoms with van der Waals surface area (Å²) < 4.78 is 52.7. The SMILES string of the molecule is CCOC(=O)C=Cc1cn2c(n1)CN(CC(O)(c1cn(Cc3ccccc3)c3cc(C#N)ccc13)C(F)(F)F)CC2. The van der Waals surface area contributed by atoms with Crippen molar-refractivity contribution in [3.05, 3.63) is 95.2 Å². The highest BCUT2D eigenvalue weighted by Gasteiger charge is 2.57. The number of carbonyl (C=O) groups is 1. The molecule has 0 amide bonds. The summed E-state index contributed by atoms with van der Waals surface area (Å²) in [5.41, 5.74) is -1.38. The Bertz CT molecular complexity index is 1630. The van der Waals surface area contributed by atoms with E-state index in [0.29, 0.717) is 29.1 Å². The number of rotatable bonds is 8. The Morgan fingerprint density at radius 3 is 2.66 bits per heavy atom. The minimum absolute atomic E-state index is 0.0763. The molecule has 212 valence electrons. The first-order valence-electron chi connectivity index (χ1n) is 13.1. The molecule has 41 heavy (non-hydrogen) atoms. The van der Waals surface area contributed by atoms with Gasteiger partial charge in [0.15, 0.2) is 0 Å². The molecule has 1 N–H and O–H groups in total. The molecular weight excluding hydrogens is 535 g/mol. The zero-order chi connectivity index (χ0) is 29.2. The van der Waals surface area contributed by atoms with Crippen LogP contribution in [0.2, 0.25) is 0 Å². The zero-order valence-corrected chi connectivity index (χ0v) is 22.3. The van der Waals surface area contributed by atoms with Crippen molar-refractivity contribution < 1.29 is 27.8 Å². The Labute approximate surface area is 234 Å². The third kappa shape index (κ3) is 5.75. The van der Waals surface area contributed by atoms with Crippen LogP contribution in [-0.4, -0.2) is 56.0 Å². The van der Waals surface area contributed by atoms with Gasteiger partial charge < -0.3 is 19.0 Å². The van der Waals surface area contributed by atoms with Crippen LogP contribution in [0.5, 0.6) is 0 Å². The van der Waals surface area contributed by atoms with Gasteiger partial charge in [-0.15, -0.1) is 0 Å². The van der Waals surface area contributed by atoms with E-state index >= 15 is 0 Å². The van der Waals surface area contributed by atoms with Gasteiger partial charge in [-0.25, -0.2) is 9.78 Å². The lowest BCUT2D eigenvalue weighted by molar-refractivity contribution is -0.272. The third-order valence-corrected chi connectivity index (χ3v) is 7.15. The Morgan fingerprint density at radius 1 is 1.17 bits per heavy atom. The Balaban J connectivity index is 1.47. The maximum absolute atomic E-state index is 14.8. The molecule has 1 aliphatic rings. The van der Waals surface area contributed by atoms with E-state index < -0.39 is 24.3 Å². The number of alkyl halides is 3. The summed E-state index contributed by atoms with van der Waals surface area (Å²) in [5.74, 6) is 0.0121. The van der Waals surface area contributed by atoms with E-state index in [1.165, 1.54) is 35.4 Å². The number of carbonyl (C=O) groups excluding carboxylic acids is 1. The molecule has 0 fully saturated rings. The first-order chi connectivity index (χ1) is 19.6. The van der Waals surface area contributed by atoms with Crippen molar-refractivity contribution >= 4 is 22.9 Å². The van der Waals surface area contributed by atoms with E-state index in [2.05, 4.69) is 4.98 Å². The quantitative estimate of drug-likeness (QED) is 0.249. The van der Waals surface area contributed by atoms with Crippen molar-refractivity contribution in [3.8, 4) is 6.07 Å². The minimum atomic E-state index is -4.99. The summed E-state index contributed by atoms with van der Waals surface area (Å²) in [6.45, 7) is 2.19. The Hall–Kier alpha value is -4.40. The highest BCUT2D eigenvalue weighted by molar-refractivity contribution is 5.87. The van der Waals surface area contributed by atoms with Crippen LogP contribution in [0.15, 0.2) is 67.0 Å². The van der Waals surface area contributed by atoms with E-state index in [1.54, 1.807) is 23.8 Å². The van der Waals surface area contributed by atoms with Gasteiger partial charge in [0.1, 0.15) is 5.82 Å². The second-order valence-electron chi connectivity index (χ2n) is 9.93. The molecule has 2 aromatic heterocycles. The molecule has 1 atom stereocenters. The summed E-state index contributed by atoms with van der Waals surface area (Å²) in [7, 11) is 0. The Morgan fingerprint density at radius 2 is 1.95 bits per heavy atom. The standard InChI is InChI=1S/C30H28F3N5O3/c1-2-41-28(39)11-9-23-17-37-13-12-36(19-27(37)35-23)20-29(40,30(31,32)33)25-18-38(16-21-6-4-3-5-7-21)26-14-22(15-34)8-10-24(25)26/h3-11,14,17-18,40H,2,12-13,16,19-20H2,1H3. The summed E-state index contributed by atoms with van der Waals surface area (Å²) >= 11 is 0. The van der Waals surface area contributed by atoms with Gasteiger partial charge in [-0.05, 0) is 30.7 Å². The number of halogens is 3. The average molecular weight is 564 g/mol. The summed E-state index contributed by atoms with van der Waals surface area (Å²) in [4.78, 5) is 17.6. The van der Waals surface area contributed by atoms with Gasteiger partial charge in [0.2, 0.25) is 5.60 Å². The number of esters is 1. The highest BCUT2D eigenvalue weighted by Crippen LogP contribution is 2.44. The topological polar surface area (TPSA) is 96.3 Å². The molecule has 0 spiro atoms. The lowest BCUT2D eigenvalue weighted by atomic mass is 9.91. The lowest BCUT2D eigenvalue weighted by Crippen LogP contribution is -2.52. The molecule has 0 saturated heterocycles. The van der Waals surface area contributed by atoms with E-state index in [0.717, 1.165) is 5.56 Å². The van der Waals surface area contributed by atoms with Crippen LogP contribution >= 0.6 is 0 Å². The van der Waals surface area contributed by atoms with Crippen LogP contribution in [-0.2, 0) is 34.8 Å². The predicted molar refractivity (Wildman–Crippen MR) is 145 cm³/mol. The number of aromatic nitrogens is 3. The molecule has 2 aromatic carbocycles. The number of nitriles is 1. The van der Waals surface area contributed by atoms with Crippen LogP contribution < -0.4 is 0 Å². The van der Waals surface area contributed by atoms with Crippen molar-refractivity contribution in [2.24, 2.45) is 0 Å². The first kappa shape index (κ1) is 28.1. The normalized spacial score (nSPS) is 15.5. The second-order valence-corrected chi connectivity index (χ2v) is 9.93. The third-order valence-electron chi connectivity index (χ3n) is 7.15. The Kier molecular flexibility index (Phi) is 7.71. The highest BCUT2D eigenvalue weighted by atomic mass is 19.4. The fourth-order valence-electron chi connectivity index (χ4n) is 5.14. The number of ether oxygens (including phenoxy) is 1. The predicted octanol–water partition coefficient (Wildman–Crippen LogP) is 4.60. The second kappa shape index (κ2) is 11.2. The van der Waals surface area contributed by atoms with Crippen molar-refractivity contribution in [3.63, 3.8) is 0 Å². The van der Waals surface area contributed by atoms with Crippen molar-refractivity contribution in [1.29, 1.82) is 5.26 Å². The fraction of sp³-hybridized carbons (Fsp3) is 0.300. The lowest BCUT2D eigenvalue weighted by Gasteiger charge is -2.37. The van der Waals surface area contributed by atoms with Crippen molar-refractivity contribution in [1.82, 2.24) is 19.0 Å². The number of hydrogen-bond acceptors (Lipinski definition) is 6. The van der Waals surface area contributed by atoms with Gasteiger partial charge in [0.25, 0.3) is 0 Å². The smallest absolute Gasteiger partial charge is 0.422 e. The molecule has 8 nitrogen and oxygen atoms in total. The van der Waals surface area contributed by atoms with E-state index in [1.807, 2.05) is 41.0 Å². The van der Waals surface area contributed by atoms with Crippen molar-refractivity contribution in [2.75, 3.05) is 19.7 Å². The van der Waals surface area contributed by atoms with E-state index in [9.17, 15) is 28.3 Å². The van der Waals surface area contributed by atoms with Gasteiger partial charge in [-0.3, -0.25) is 4.90 Å². The molecule has 0 radical (unpaired) electrons. The van der Waals surface area contributed by atoms with Crippen LogP contribution in [0.1, 0.15) is 35.1 Å². The summed E-state index contributed by atoms with van der Waals surface area (Å²) in [5, 5.41) is 21.1. The first-order valence-corrected chi connectivity index (χ1v) is 13.1. The molecule has 0 aliphatic carbocycles. The summed E-state index contributed by atoms with van der Waals surface area (Å²) in [6.07, 6.45) is 0.822. The largest absolute Gasteiger partial charge is 0.463 e. The van der Waals surface area contributed by atoms with Gasteiger partial charge >= 0.3 is 12.1 Å². The minimum Gasteiger partial charge on any atom is -0.463 e. The molecule has 11 heteroatoms. The number of β-amino-alcohol motifs (C(OH)–C–C–N with tert-alkyl or cyclic N) is 1. The number of imidazole rings is 1. The van der Waals surface area contributed by atoms with Crippen molar-refractivity contribution in [2.45, 2.75) is 38.3 Å². The molecule has 3 heterocycles. The molecule has 0 saturated carbocycles. The zero-order valence-electron chi connectivity index (χ0n) is 22.3. The average Bonchev–Trinajstić information content (AvgIpc) is 3.52. The van der Waals surface area contributed by atoms with Crippen LogP contribution in [0.4, 0.5) is 13.2 Å². The number of nitrogens with zero attached hydrogens (tertiary/aromatic N) is 5.